The van der Waals surface area contributed by atoms with Gasteiger partial charge in [-0.1, -0.05) is 6.92 Å². The number of halogens is 1. The van der Waals surface area contributed by atoms with Gasteiger partial charge in [-0.15, -0.1) is 0 Å². The van der Waals surface area contributed by atoms with Crippen molar-refractivity contribution in [3.05, 3.63) is 67.3 Å². The first-order chi connectivity index (χ1) is 17.1. The molecule has 2 saturated carbocycles. The number of benzene rings is 1. The van der Waals surface area contributed by atoms with E-state index < -0.39 is 0 Å². The Labute approximate surface area is 201 Å². The zero-order valence-electron chi connectivity index (χ0n) is 19.2. The lowest BCUT2D eigenvalue weighted by atomic mass is 9.93. The van der Waals surface area contributed by atoms with Crippen LogP contribution in [0.4, 0.5) is 10.2 Å². The maximum atomic E-state index is 13.8. The number of amides is 1. The molecule has 3 unspecified atom stereocenters. The Hall–Kier alpha value is -3.88. The van der Waals surface area contributed by atoms with Crippen LogP contribution in [0.1, 0.15) is 26.2 Å². The summed E-state index contributed by atoms with van der Waals surface area (Å²) >= 11 is 0. The fourth-order valence-electron chi connectivity index (χ4n) is 5.70. The first kappa shape index (κ1) is 21.6. The third kappa shape index (κ3) is 4.11. The molecule has 0 aliphatic heterocycles. The van der Waals surface area contributed by atoms with E-state index in [0.717, 1.165) is 30.5 Å². The summed E-state index contributed by atoms with van der Waals surface area (Å²) in [6.07, 6.45) is 9.07. The summed E-state index contributed by atoms with van der Waals surface area (Å²) in [6, 6.07) is 9.97. The first-order valence-corrected chi connectivity index (χ1v) is 11.9. The minimum absolute atomic E-state index is 0.0148. The predicted molar refractivity (Wildman–Crippen MR) is 127 cm³/mol. The summed E-state index contributed by atoms with van der Waals surface area (Å²) in [5.74, 6) is 2.17. The van der Waals surface area contributed by atoms with Crippen LogP contribution in [0.5, 0.6) is 5.75 Å². The average molecular weight is 473 g/mol. The number of carbonyl (C=O) groups excluding carboxylic acids is 1. The lowest BCUT2D eigenvalue weighted by Crippen LogP contribution is -2.27. The summed E-state index contributed by atoms with van der Waals surface area (Å²) in [7, 11) is 0. The zero-order chi connectivity index (χ0) is 23.9. The van der Waals surface area contributed by atoms with Gasteiger partial charge in [0.2, 0.25) is 5.91 Å². The van der Waals surface area contributed by atoms with Gasteiger partial charge in [-0.05, 0) is 73.4 Å². The van der Waals surface area contributed by atoms with Gasteiger partial charge in [0.25, 0.3) is 0 Å². The van der Waals surface area contributed by atoms with Gasteiger partial charge in [-0.25, -0.2) is 19.0 Å². The number of nitrogens with one attached hydrogen (secondary N) is 1. The highest BCUT2D eigenvalue weighted by Gasteiger charge is 2.60. The van der Waals surface area contributed by atoms with Gasteiger partial charge in [0.05, 0.1) is 23.5 Å². The fourth-order valence-corrected chi connectivity index (χ4v) is 5.70. The zero-order valence-corrected chi connectivity index (χ0v) is 19.2. The van der Waals surface area contributed by atoms with Crippen LogP contribution in [0.3, 0.4) is 0 Å². The van der Waals surface area contributed by atoms with E-state index in [1.54, 1.807) is 41.6 Å². The van der Waals surface area contributed by atoms with Gasteiger partial charge in [-0.3, -0.25) is 9.78 Å². The number of fused-ring (bicyclic) bond motifs is 2. The van der Waals surface area contributed by atoms with E-state index in [2.05, 4.69) is 32.3 Å². The molecule has 2 fully saturated rings. The Morgan fingerprint density at radius 2 is 2.06 bits per heavy atom. The second kappa shape index (κ2) is 8.72. The molecule has 1 aromatic carbocycles. The minimum atomic E-state index is -0.302. The second-order valence-electron chi connectivity index (χ2n) is 9.33. The Bertz CT molecular complexity index is 1350. The van der Waals surface area contributed by atoms with Crippen LogP contribution in [0.2, 0.25) is 0 Å². The summed E-state index contributed by atoms with van der Waals surface area (Å²) in [4.78, 5) is 25.7. The summed E-state index contributed by atoms with van der Waals surface area (Å²) in [5, 5.41) is 7.76. The van der Waals surface area contributed by atoms with Crippen molar-refractivity contribution < 1.29 is 13.9 Å². The molecule has 0 spiro atoms. The van der Waals surface area contributed by atoms with E-state index in [9.17, 15) is 9.18 Å². The van der Waals surface area contributed by atoms with Gasteiger partial charge < -0.3 is 10.1 Å². The number of aromatic nitrogens is 5. The lowest BCUT2D eigenvalue weighted by Gasteiger charge is -2.21. The Morgan fingerprint density at radius 3 is 2.77 bits per heavy atom. The number of rotatable bonds is 7. The van der Waals surface area contributed by atoms with Crippen molar-refractivity contribution in [3.63, 3.8) is 0 Å². The molecule has 1 amide bonds. The number of ether oxygens (including phenoxy) is 1. The Kier molecular flexibility index (Phi) is 5.39. The maximum absolute atomic E-state index is 13.8. The fraction of sp³-hybridized carbons (Fsp3) is 0.346. The number of nitrogens with zero attached hydrogens (tertiary/aromatic N) is 5. The largest absolute Gasteiger partial charge is 0.490 e. The van der Waals surface area contributed by atoms with Crippen LogP contribution >= 0.6 is 0 Å². The van der Waals surface area contributed by atoms with Gasteiger partial charge in [0.1, 0.15) is 30.0 Å². The van der Waals surface area contributed by atoms with E-state index in [-0.39, 0.29) is 23.7 Å². The van der Waals surface area contributed by atoms with Crippen molar-refractivity contribution in [2.24, 2.45) is 23.7 Å². The molecule has 0 radical (unpaired) electrons. The van der Waals surface area contributed by atoms with Crippen molar-refractivity contribution in [2.45, 2.75) is 32.3 Å². The molecular formula is C26H25FN6O2. The number of anilines is 1. The summed E-state index contributed by atoms with van der Waals surface area (Å²) < 4.78 is 21.7. The van der Waals surface area contributed by atoms with Gasteiger partial charge >= 0.3 is 0 Å². The molecule has 8 nitrogen and oxygen atoms in total. The standard InChI is InChI=1S/C26H25FN6O2/c1-2-18(26(34)32-24-6-4-16(12-30-24)33-14-28-13-31-33)25-19-10-17(11-20(19)25)35-23-7-8-29-22-5-3-15(27)9-21(22)23/h3-9,12-14,17-20,25H,2,10-11H2,1H3,(H,30,32,34). The number of hydrogen-bond donors (Lipinski definition) is 1. The summed E-state index contributed by atoms with van der Waals surface area (Å²) in [5.41, 5.74) is 1.50. The molecule has 178 valence electrons. The number of hydrogen-bond acceptors (Lipinski definition) is 6. The van der Waals surface area contributed by atoms with E-state index in [1.807, 2.05) is 6.07 Å². The van der Waals surface area contributed by atoms with Gasteiger partial charge in [0.15, 0.2) is 0 Å². The first-order valence-electron chi connectivity index (χ1n) is 11.9. The van der Waals surface area contributed by atoms with Crippen LogP contribution in [0, 0.1) is 29.5 Å². The topological polar surface area (TPSA) is 94.8 Å². The highest BCUT2D eigenvalue weighted by Crippen LogP contribution is 2.62. The second-order valence-corrected chi connectivity index (χ2v) is 9.33. The van der Waals surface area contributed by atoms with E-state index in [4.69, 9.17) is 4.74 Å². The molecular weight excluding hydrogens is 447 g/mol. The van der Waals surface area contributed by atoms with Crippen molar-refractivity contribution in [1.29, 1.82) is 0 Å². The number of carbonyl (C=O) groups is 1. The highest BCUT2D eigenvalue weighted by molar-refractivity contribution is 5.92. The van der Waals surface area contributed by atoms with E-state index in [1.165, 1.54) is 18.5 Å². The Balaban J connectivity index is 1.07. The monoisotopic (exact) mass is 472 g/mol. The molecule has 3 heterocycles. The van der Waals surface area contributed by atoms with Gasteiger partial charge in [-0.2, -0.15) is 5.10 Å². The van der Waals surface area contributed by atoms with Crippen molar-refractivity contribution in [3.8, 4) is 11.4 Å². The number of pyridine rings is 2. The smallest absolute Gasteiger partial charge is 0.228 e. The molecule has 9 heteroatoms. The molecule has 3 aromatic heterocycles. The normalized spacial score (nSPS) is 23.6. The van der Waals surface area contributed by atoms with Crippen LogP contribution < -0.4 is 10.1 Å². The third-order valence-electron chi connectivity index (χ3n) is 7.35. The van der Waals surface area contributed by atoms with Crippen LogP contribution in [-0.2, 0) is 4.79 Å². The van der Waals surface area contributed by atoms with E-state index >= 15 is 0 Å². The molecule has 0 bridgehead atoms. The van der Waals surface area contributed by atoms with Crippen LogP contribution in [0.25, 0.3) is 16.6 Å². The molecule has 6 rings (SSSR count). The molecule has 0 saturated heterocycles. The maximum Gasteiger partial charge on any atom is 0.228 e. The third-order valence-corrected chi connectivity index (χ3v) is 7.35. The molecule has 35 heavy (non-hydrogen) atoms. The SMILES string of the molecule is CCC(C(=O)Nc1ccc(-n2cncn2)cn1)C1C2CC(Oc3ccnc4ccc(F)cc34)CC21. The van der Waals surface area contributed by atoms with Gasteiger partial charge in [0, 0.05) is 17.5 Å². The van der Waals surface area contributed by atoms with Crippen molar-refractivity contribution in [1.82, 2.24) is 24.7 Å². The molecule has 2 aliphatic rings. The van der Waals surface area contributed by atoms with E-state index in [0.29, 0.717) is 34.7 Å². The summed E-state index contributed by atoms with van der Waals surface area (Å²) in [6.45, 7) is 2.06. The molecule has 1 N–H and O–H groups in total. The molecule has 2 aliphatic carbocycles. The quantitative estimate of drug-likeness (QED) is 0.428. The lowest BCUT2D eigenvalue weighted by molar-refractivity contribution is -0.121. The average Bonchev–Trinajstić information content (AvgIpc) is 3.25. The highest BCUT2D eigenvalue weighted by atomic mass is 19.1. The van der Waals surface area contributed by atoms with Crippen LogP contribution in [0.15, 0.2) is 61.4 Å². The molecule has 4 aromatic rings. The van der Waals surface area contributed by atoms with Crippen LogP contribution in [-0.4, -0.2) is 36.7 Å². The Morgan fingerprint density at radius 1 is 1.20 bits per heavy atom. The molecule has 3 atom stereocenters. The predicted octanol–water partition coefficient (Wildman–Crippen LogP) is 4.42. The van der Waals surface area contributed by atoms with Crippen molar-refractivity contribution >= 4 is 22.6 Å². The van der Waals surface area contributed by atoms with Crippen molar-refractivity contribution in [2.75, 3.05) is 5.32 Å². The minimum Gasteiger partial charge on any atom is -0.490 e.